The molecule has 1 heterocycles. The number of nitrogens with one attached hydrogen (secondary N) is 2. The third-order valence-corrected chi connectivity index (χ3v) is 5.05. The van der Waals surface area contributed by atoms with E-state index >= 15 is 0 Å². The van der Waals surface area contributed by atoms with Crippen molar-refractivity contribution in [3.63, 3.8) is 0 Å². The van der Waals surface area contributed by atoms with Crippen molar-refractivity contribution in [3.05, 3.63) is 75.7 Å². The Labute approximate surface area is 179 Å². The number of nitrogens with zero attached hydrogens (tertiary/aromatic N) is 2. The summed E-state index contributed by atoms with van der Waals surface area (Å²) in [7, 11) is -3.50. The first-order valence-electron chi connectivity index (χ1n) is 9.44. The van der Waals surface area contributed by atoms with Gasteiger partial charge in [0.2, 0.25) is 10.0 Å². The van der Waals surface area contributed by atoms with Gasteiger partial charge in [-0.15, -0.1) is 0 Å². The molecule has 0 aliphatic rings. The van der Waals surface area contributed by atoms with Crippen LogP contribution >= 0.6 is 0 Å². The average molecular weight is 442 g/mol. The molecule has 0 atom stereocenters. The number of aromatic amines is 1. The van der Waals surface area contributed by atoms with E-state index in [1.165, 1.54) is 17.0 Å². The van der Waals surface area contributed by atoms with Crippen LogP contribution in [0.25, 0.3) is 5.69 Å². The van der Waals surface area contributed by atoms with E-state index in [-0.39, 0.29) is 16.9 Å². The second kappa shape index (κ2) is 9.00. The largest absolute Gasteiger partial charge is 0.481 e. The number of hydrogen-bond acceptors (Lipinski definition) is 5. The second-order valence-corrected chi connectivity index (χ2v) is 8.63. The third-order valence-electron chi connectivity index (χ3n) is 4.45. The van der Waals surface area contributed by atoms with Crippen molar-refractivity contribution in [1.29, 1.82) is 0 Å². The molecular formula is C21H22N4O5S. The maximum Gasteiger partial charge on any atom is 0.309 e. The lowest BCUT2D eigenvalue weighted by atomic mass is 10.1. The predicted octanol–water partition coefficient (Wildman–Crippen LogP) is 2.48. The van der Waals surface area contributed by atoms with Gasteiger partial charge in [-0.1, -0.05) is 31.2 Å². The molecule has 0 saturated carbocycles. The van der Waals surface area contributed by atoms with E-state index in [1.807, 2.05) is 31.2 Å². The molecule has 3 rings (SSSR count). The maximum absolute atomic E-state index is 13.1. The van der Waals surface area contributed by atoms with Gasteiger partial charge in [-0.3, -0.25) is 24.4 Å². The highest BCUT2D eigenvalue weighted by molar-refractivity contribution is 7.92. The molecule has 1 aromatic heterocycles. The van der Waals surface area contributed by atoms with Crippen LogP contribution in [0.2, 0.25) is 0 Å². The second-order valence-electron chi connectivity index (χ2n) is 6.88. The van der Waals surface area contributed by atoms with Gasteiger partial charge in [0.15, 0.2) is 0 Å². The fourth-order valence-corrected chi connectivity index (χ4v) is 3.64. The summed E-state index contributed by atoms with van der Waals surface area (Å²) in [5.74, 6) is -1.11. The van der Waals surface area contributed by atoms with Gasteiger partial charge in [0.05, 0.1) is 41.0 Å². The first-order chi connectivity index (χ1) is 14.7. The van der Waals surface area contributed by atoms with Crippen LogP contribution in [0, 0.1) is 0 Å². The van der Waals surface area contributed by atoms with Crippen LogP contribution in [0.4, 0.5) is 11.4 Å². The Kier molecular flexibility index (Phi) is 6.40. The normalized spacial score (nSPS) is 11.7. The minimum absolute atomic E-state index is 0.120. The van der Waals surface area contributed by atoms with E-state index in [9.17, 15) is 23.1 Å². The summed E-state index contributed by atoms with van der Waals surface area (Å²) in [4.78, 5) is 28.8. The number of aromatic nitrogens is 2. The fraction of sp³-hybridized carbons (Fsp3) is 0.190. The van der Waals surface area contributed by atoms with Crippen LogP contribution in [0.1, 0.15) is 23.7 Å². The summed E-state index contributed by atoms with van der Waals surface area (Å²) in [6, 6.07) is 13.7. The van der Waals surface area contributed by atoms with E-state index in [4.69, 9.17) is 0 Å². The number of aryl methyl sites for hydroxylation is 1. The number of carboxylic acids is 1. The topological polar surface area (TPSA) is 134 Å². The van der Waals surface area contributed by atoms with E-state index < -0.39 is 28.0 Å². The number of carbonyl (C=O) groups is 1. The van der Waals surface area contributed by atoms with Gasteiger partial charge in [0, 0.05) is 6.21 Å². The summed E-state index contributed by atoms with van der Waals surface area (Å²) in [6.07, 6.45) is 2.74. The van der Waals surface area contributed by atoms with Crippen LogP contribution in [0.3, 0.4) is 0 Å². The van der Waals surface area contributed by atoms with Gasteiger partial charge >= 0.3 is 5.97 Å². The van der Waals surface area contributed by atoms with Gasteiger partial charge < -0.3 is 5.11 Å². The molecule has 3 N–H and O–H groups in total. The van der Waals surface area contributed by atoms with Crippen molar-refractivity contribution in [2.24, 2.45) is 4.99 Å². The van der Waals surface area contributed by atoms with Crippen LogP contribution in [-0.4, -0.2) is 41.7 Å². The molecule has 2 aromatic carbocycles. The molecule has 9 nitrogen and oxygen atoms in total. The number of para-hydroxylation sites is 1. The Morgan fingerprint density at radius 3 is 2.65 bits per heavy atom. The van der Waals surface area contributed by atoms with Crippen molar-refractivity contribution >= 4 is 33.6 Å². The Hall–Kier alpha value is -3.66. The van der Waals surface area contributed by atoms with Crippen LogP contribution in [-0.2, 0) is 27.7 Å². The Balaban J connectivity index is 2.08. The minimum atomic E-state index is -3.50. The van der Waals surface area contributed by atoms with Crippen molar-refractivity contribution < 1.29 is 18.3 Å². The summed E-state index contributed by atoms with van der Waals surface area (Å²) in [5.41, 5.74) is 2.12. The lowest BCUT2D eigenvalue weighted by molar-refractivity contribution is -0.136. The molecule has 0 radical (unpaired) electrons. The molecule has 0 unspecified atom stereocenters. The van der Waals surface area contributed by atoms with Crippen molar-refractivity contribution in [2.45, 2.75) is 19.8 Å². The zero-order valence-corrected chi connectivity index (χ0v) is 17.8. The molecule has 0 aliphatic heterocycles. The van der Waals surface area contributed by atoms with E-state index in [1.54, 1.807) is 18.2 Å². The summed E-state index contributed by atoms with van der Waals surface area (Å²) < 4.78 is 26.5. The number of benzene rings is 2. The number of hydrogen-bond donors (Lipinski definition) is 3. The molecule has 10 heteroatoms. The van der Waals surface area contributed by atoms with Crippen molar-refractivity contribution in [3.8, 4) is 5.69 Å². The summed E-state index contributed by atoms with van der Waals surface area (Å²) in [6.45, 7) is 1.99. The first-order valence-corrected chi connectivity index (χ1v) is 11.3. The highest BCUT2D eigenvalue weighted by Gasteiger charge is 2.17. The molecule has 0 aliphatic carbocycles. The molecule has 0 amide bonds. The number of carboxylic acid groups (broad SMARTS) is 1. The molecule has 0 saturated heterocycles. The van der Waals surface area contributed by atoms with Crippen LogP contribution < -0.4 is 10.3 Å². The first kappa shape index (κ1) is 22.0. The van der Waals surface area contributed by atoms with Gasteiger partial charge in [-0.2, -0.15) is 0 Å². The maximum atomic E-state index is 13.1. The number of anilines is 1. The predicted molar refractivity (Wildman–Crippen MR) is 119 cm³/mol. The highest BCUT2D eigenvalue weighted by Crippen LogP contribution is 2.19. The van der Waals surface area contributed by atoms with Crippen LogP contribution in [0.15, 0.2) is 58.3 Å². The lowest BCUT2D eigenvalue weighted by Gasteiger charge is -2.07. The molecule has 0 spiro atoms. The number of rotatable bonds is 8. The van der Waals surface area contributed by atoms with E-state index in [0.717, 1.165) is 18.2 Å². The highest BCUT2D eigenvalue weighted by atomic mass is 32.2. The molecule has 0 bridgehead atoms. The number of sulfonamides is 1. The molecule has 3 aromatic rings. The zero-order chi connectivity index (χ0) is 22.6. The van der Waals surface area contributed by atoms with Crippen LogP contribution in [0.5, 0.6) is 0 Å². The number of aliphatic imine (C=N–C) groups is 1. The van der Waals surface area contributed by atoms with Gasteiger partial charge in [-0.05, 0) is 36.2 Å². The Morgan fingerprint density at radius 1 is 1.23 bits per heavy atom. The number of aliphatic carboxylic acids is 1. The third kappa shape index (κ3) is 5.48. The monoisotopic (exact) mass is 442 g/mol. The van der Waals surface area contributed by atoms with Gasteiger partial charge in [0.1, 0.15) is 0 Å². The molecular weight excluding hydrogens is 420 g/mol. The van der Waals surface area contributed by atoms with Gasteiger partial charge in [-0.25, -0.2) is 13.1 Å². The standard InChI is InChI=1S/C21H22N4O5S/c1-3-14-7-4-5-10-18(14)22-13-17-19(12-20(26)27)23-25(21(17)28)16-9-6-8-15(11-16)24-31(2,29)30/h4-11,13,23-24H,3,12H2,1-2H3,(H,26,27). The summed E-state index contributed by atoms with van der Waals surface area (Å²) >= 11 is 0. The Morgan fingerprint density at radius 2 is 1.97 bits per heavy atom. The SMILES string of the molecule is CCc1ccccc1N=Cc1c(CC(=O)O)[nH]n(-c2cccc(NS(C)(=O)=O)c2)c1=O. The number of H-pyrrole nitrogens is 1. The van der Waals surface area contributed by atoms with E-state index in [0.29, 0.717) is 11.4 Å². The Bertz CT molecular complexity index is 1310. The van der Waals surface area contributed by atoms with Gasteiger partial charge in [0.25, 0.3) is 5.56 Å². The zero-order valence-electron chi connectivity index (χ0n) is 17.0. The molecule has 31 heavy (non-hydrogen) atoms. The lowest BCUT2D eigenvalue weighted by Crippen LogP contribution is -2.17. The van der Waals surface area contributed by atoms with E-state index in [2.05, 4.69) is 14.8 Å². The average Bonchev–Trinajstić information content (AvgIpc) is 3.00. The smallest absolute Gasteiger partial charge is 0.309 e. The quantitative estimate of drug-likeness (QED) is 0.461. The fourth-order valence-electron chi connectivity index (χ4n) is 3.09. The molecule has 162 valence electrons. The van der Waals surface area contributed by atoms with Crippen molar-refractivity contribution in [1.82, 2.24) is 9.78 Å². The minimum Gasteiger partial charge on any atom is -0.481 e. The van der Waals surface area contributed by atoms with Crippen molar-refractivity contribution in [2.75, 3.05) is 11.0 Å². The molecule has 0 fully saturated rings. The summed E-state index contributed by atoms with van der Waals surface area (Å²) in [5, 5.41) is 12.1.